The van der Waals surface area contributed by atoms with Crippen LogP contribution in [0.4, 0.5) is 5.82 Å². The number of aromatic nitrogens is 2. The lowest BCUT2D eigenvalue weighted by atomic mass is 9.87. The second-order valence-corrected chi connectivity index (χ2v) is 5.21. The molecule has 1 amide bonds. The number of anilines is 1. The van der Waals surface area contributed by atoms with Gasteiger partial charge in [-0.05, 0) is 24.6 Å². The summed E-state index contributed by atoms with van der Waals surface area (Å²) < 4.78 is 0. The maximum absolute atomic E-state index is 12.2. The molecule has 0 unspecified atom stereocenters. The number of nitrogens with one attached hydrogen (secondary N) is 2. The summed E-state index contributed by atoms with van der Waals surface area (Å²) in [6.45, 7) is 1.68. The Morgan fingerprint density at radius 3 is 2.90 bits per heavy atom. The van der Waals surface area contributed by atoms with Crippen molar-refractivity contribution >= 4 is 23.3 Å². The van der Waals surface area contributed by atoms with E-state index in [1.165, 1.54) is 0 Å². The zero-order valence-corrected chi connectivity index (χ0v) is 11.5. The molecular weight excluding hydrogens is 278 g/mol. The maximum Gasteiger partial charge on any atom is 0.256 e. The molecule has 1 aromatic heterocycles. The fraction of sp³-hybridized carbons (Fsp3) is 0.214. The van der Waals surface area contributed by atoms with Gasteiger partial charge in [0.05, 0.1) is 5.56 Å². The van der Waals surface area contributed by atoms with Crippen LogP contribution in [0.5, 0.6) is 0 Å². The highest BCUT2D eigenvalue weighted by molar-refractivity contribution is 6.30. The number of hydrogen-bond donors (Lipinski definition) is 2. The first-order chi connectivity index (χ1) is 9.54. The number of aryl methyl sites for hydroxylation is 1. The van der Waals surface area contributed by atoms with Crippen LogP contribution in [-0.4, -0.2) is 15.9 Å². The molecule has 1 atom stereocenters. The van der Waals surface area contributed by atoms with Gasteiger partial charge in [-0.15, -0.1) is 0 Å². The number of amides is 1. The number of carbonyl (C=O) groups excluding carboxylic acids is 1. The van der Waals surface area contributed by atoms with Crippen LogP contribution in [0.2, 0.25) is 5.02 Å². The van der Waals surface area contributed by atoms with Gasteiger partial charge < -0.3 is 10.3 Å². The monoisotopic (exact) mass is 289 g/mol. The molecule has 5 nitrogen and oxygen atoms in total. The molecule has 102 valence electrons. The minimum atomic E-state index is -0.325. The molecule has 0 saturated heterocycles. The summed E-state index contributed by atoms with van der Waals surface area (Å²) in [5.41, 5.74) is 1.10. The van der Waals surface area contributed by atoms with Gasteiger partial charge in [0, 0.05) is 17.4 Å². The van der Waals surface area contributed by atoms with Crippen LogP contribution in [0, 0.1) is 6.92 Å². The average molecular weight is 290 g/mol. The molecule has 0 fully saturated rings. The van der Waals surface area contributed by atoms with E-state index in [0.29, 0.717) is 22.2 Å². The van der Waals surface area contributed by atoms with Gasteiger partial charge in [-0.1, -0.05) is 23.7 Å². The van der Waals surface area contributed by atoms with Crippen molar-refractivity contribution in [2.75, 3.05) is 5.32 Å². The largest absolute Gasteiger partial charge is 0.310 e. The van der Waals surface area contributed by atoms with Crippen LogP contribution in [0.15, 0.2) is 29.1 Å². The van der Waals surface area contributed by atoms with E-state index >= 15 is 0 Å². The van der Waals surface area contributed by atoms with Crippen molar-refractivity contribution in [1.82, 2.24) is 9.97 Å². The molecule has 20 heavy (non-hydrogen) atoms. The summed E-state index contributed by atoms with van der Waals surface area (Å²) in [4.78, 5) is 30.9. The Kier molecular flexibility index (Phi) is 3.06. The summed E-state index contributed by atoms with van der Waals surface area (Å²) in [6.07, 6.45) is 0.209. The average Bonchev–Trinajstić information content (AvgIpc) is 2.36. The van der Waals surface area contributed by atoms with Crippen LogP contribution in [0.25, 0.3) is 0 Å². The first-order valence-corrected chi connectivity index (χ1v) is 6.58. The Hall–Kier alpha value is -2.14. The van der Waals surface area contributed by atoms with Crippen molar-refractivity contribution < 1.29 is 4.79 Å². The molecule has 1 aromatic carbocycles. The first-order valence-electron chi connectivity index (χ1n) is 6.20. The molecule has 0 bridgehead atoms. The van der Waals surface area contributed by atoms with Gasteiger partial charge in [-0.25, -0.2) is 4.98 Å². The van der Waals surface area contributed by atoms with E-state index in [-0.39, 0.29) is 23.8 Å². The molecule has 0 spiro atoms. The fourth-order valence-electron chi connectivity index (χ4n) is 2.49. The topological polar surface area (TPSA) is 74.8 Å². The van der Waals surface area contributed by atoms with Gasteiger partial charge in [0.2, 0.25) is 5.91 Å². The van der Waals surface area contributed by atoms with Gasteiger partial charge in [0.15, 0.2) is 0 Å². The van der Waals surface area contributed by atoms with Gasteiger partial charge in [-0.2, -0.15) is 0 Å². The van der Waals surface area contributed by atoms with E-state index in [1.54, 1.807) is 25.1 Å². The second-order valence-electron chi connectivity index (χ2n) is 4.77. The molecule has 2 aromatic rings. The highest BCUT2D eigenvalue weighted by Crippen LogP contribution is 2.34. The van der Waals surface area contributed by atoms with Gasteiger partial charge >= 0.3 is 0 Å². The smallest absolute Gasteiger partial charge is 0.256 e. The van der Waals surface area contributed by atoms with E-state index in [1.807, 2.05) is 6.07 Å². The van der Waals surface area contributed by atoms with E-state index in [2.05, 4.69) is 15.3 Å². The molecule has 2 heterocycles. The third kappa shape index (κ3) is 2.20. The van der Waals surface area contributed by atoms with E-state index < -0.39 is 0 Å². The van der Waals surface area contributed by atoms with Crippen molar-refractivity contribution in [3.8, 4) is 0 Å². The maximum atomic E-state index is 12.2. The Balaban J connectivity index is 2.20. The predicted octanol–water partition coefficient (Wildman–Crippen LogP) is 2.21. The Morgan fingerprint density at radius 1 is 1.35 bits per heavy atom. The minimum Gasteiger partial charge on any atom is -0.310 e. The number of fused-ring (bicyclic) bond motifs is 1. The SMILES string of the molecule is Cc1nc2c(c(=O)[nH]1)[C@@H](c1cccc(Cl)c1)CC(=O)N2. The lowest BCUT2D eigenvalue weighted by Crippen LogP contribution is -2.31. The highest BCUT2D eigenvalue weighted by atomic mass is 35.5. The van der Waals surface area contributed by atoms with Crippen LogP contribution >= 0.6 is 11.6 Å². The number of halogens is 1. The van der Waals surface area contributed by atoms with E-state index in [0.717, 1.165) is 5.56 Å². The zero-order chi connectivity index (χ0) is 14.3. The number of rotatable bonds is 1. The van der Waals surface area contributed by atoms with E-state index in [4.69, 9.17) is 11.6 Å². The third-order valence-corrected chi connectivity index (χ3v) is 3.56. The molecular formula is C14H12ClN3O2. The molecule has 1 aliphatic rings. The van der Waals surface area contributed by atoms with Crippen molar-refractivity contribution in [3.63, 3.8) is 0 Å². The number of H-pyrrole nitrogens is 1. The van der Waals surface area contributed by atoms with Crippen LogP contribution < -0.4 is 10.9 Å². The second kappa shape index (κ2) is 4.76. The molecule has 0 radical (unpaired) electrons. The number of aromatic amines is 1. The summed E-state index contributed by atoms with van der Waals surface area (Å²) >= 11 is 5.99. The summed E-state index contributed by atoms with van der Waals surface area (Å²) in [7, 11) is 0. The molecule has 3 rings (SSSR count). The van der Waals surface area contributed by atoms with Crippen LogP contribution in [-0.2, 0) is 4.79 Å². The fourth-order valence-corrected chi connectivity index (χ4v) is 2.69. The van der Waals surface area contributed by atoms with Crippen LogP contribution in [0.3, 0.4) is 0 Å². The number of carbonyl (C=O) groups is 1. The summed E-state index contributed by atoms with van der Waals surface area (Å²) in [6, 6.07) is 7.19. The Morgan fingerprint density at radius 2 is 2.15 bits per heavy atom. The third-order valence-electron chi connectivity index (χ3n) is 3.32. The summed E-state index contributed by atoms with van der Waals surface area (Å²) in [5, 5.41) is 3.23. The van der Waals surface area contributed by atoms with Gasteiger partial charge in [0.1, 0.15) is 11.6 Å². The normalized spacial score (nSPS) is 17.5. The molecule has 0 aliphatic carbocycles. The zero-order valence-electron chi connectivity index (χ0n) is 10.7. The molecule has 0 saturated carbocycles. The lowest BCUT2D eigenvalue weighted by Gasteiger charge is -2.24. The van der Waals surface area contributed by atoms with Crippen molar-refractivity contribution in [1.29, 1.82) is 0 Å². The standard InChI is InChI=1S/C14H12ClN3O2/c1-7-16-13-12(14(20)17-7)10(6-11(19)18-13)8-3-2-4-9(15)5-8/h2-5,10H,6H2,1H3,(H2,16,17,18,19,20)/t10-/m1/s1. The Labute approximate surface area is 120 Å². The number of nitrogens with zero attached hydrogens (tertiary/aromatic N) is 1. The van der Waals surface area contributed by atoms with Crippen molar-refractivity contribution in [3.05, 3.63) is 56.6 Å². The number of benzene rings is 1. The van der Waals surface area contributed by atoms with Gasteiger partial charge in [-0.3, -0.25) is 9.59 Å². The van der Waals surface area contributed by atoms with E-state index in [9.17, 15) is 9.59 Å². The van der Waals surface area contributed by atoms with Crippen LogP contribution in [0.1, 0.15) is 29.3 Å². The lowest BCUT2D eigenvalue weighted by molar-refractivity contribution is -0.116. The summed E-state index contributed by atoms with van der Waals surface area (Å²) in [5.74, 6) is 0.336. The van der Waals surface area contributed by atoms with Crippen molar-refractivity contribution in [2.24, 2.45) is 0 Å². The predicted molar refractivity (Wildman–Crippen MR) is 76.1 cm³/mol. The first kappa shape index (κ1) is 12.9. The Bertz CT molecular complexity index is 754. The highest BCUT2D eigenvalue weighted by Gasteiger charge is 2.30. The van der Waals surface area contributed by atoms with Gasteiger partial charge in [0.25, 0.3) is 5.56 Å². The quantitative estimate of drug-likeness (QED) is 0.845. The van der Waals surface area contributed by atoms with Crippen molar-refractivity contribution in [2.45, 2.75) is 19.3 Å². The molecule has 1 aliphatic heterocycles. The molecule has 2 N–H and O–H groups in total. The minimum absolute atomic E-state index is 0.153. The number of hydrogen-bond acceptors (Lipinski definition) is 3. The molecule has 6 heteroatoms.